The lowest BCUT2D eigenvalue weighted by Crippen LogP contribution is -2.35. The van der Waals surface area contributed by atoms with E-state index in [0.29, 0.717) is 12.5 Å². The summed E-state index contributed by atoms with van der Waals surface area (Å²) in [6.45, 7) is 0.397. The first-order valence-corrected chi connectivity index (χ1v) is 6.16. The maximum absolute atomic E-state index is 11.5. The number of carbonyl (C=O) groups excluding carboxylic acids is 1. The van der Waals surface area contributed by atoms with E-state index >= 15 is 0 Å². The third kappa shape index (κ3) is 2.79. The molecule has 2 rings (SSSR count). The van der Waals surface area contributed by atoms with E-state index in [9.17, 15) is 4.79 Å². The molecule has 1 aromatic heterocycles. The lowest BCUT2D eigenvalue weighted by atomic mass is 10.1. The van der Waals surface area contributed by atoms with Gasteiger partial charge in [0.05, 0.1) is 12.6 Å². The van der Waals surface area contributed by atoms with Crippen molar-refractivity contribution in [2.24, 2.45) is 5.92 Å². The Kier molecular flexibility index (Phi) is 3.38. The van der Waals surface area contributed by atoms with Crippen molar-refractivity contribution < 1.29 is 4.79 Å². The van der Waals surface area contributed by atoms with Gasteiger partial charge in [-0.05, 0) is 37.3 Å². The molecule has 82 valence electrons. The highest BCUT2D eigenvalue weighted by molar-refractivity contribution is 7.10. The molecule has 0 radical (unpaired) electrons. The molecule has 0 aliphatic heterocycles. The van der Waals surface area contributed by atoms with Crippen LogP contribution in [0.3, 0.4) is 0 Å². The topological polar surface area (TPSA) is 41.1 Å². The van der Waals surface area contributed by atoms with Crippen LogP contribution in [0.1, 0.15) is 23.8 Å². The van der Waals surface area contributed by atoms with Crippen LogP contribution in [-0.2, 0) is 4.79 Å². The van der Waals surface area contributed by atoms with Gasteiger partial charge in [-0.3, -0.25) is 4.79 Å². The highest BCUT2D eigenvalue weighted by Crippen LogP contribution is 2.42. The van der Waals surface area contributed by atoms with Crippen LogP contribution >= 0.6 is 11.3 Å². The predicted octanol–water partition coefficient (Wildman–Crippen LogP) is 1.53. The van der Waals surface area contributed by atoms with E-state index in [2.05, 4.69) is 22.1 Å². The molecule has 3 nitrogen and oxygen atoms in total. The average Bonchev–Trinajstić information content (AvgIpc) is 2.90. The standard InChI is InChI=1S/C11H16N2OS/c1-12-7-10(14)13-11(8-4-5-8)9-3-2-6-15-9/h2-3,6,8,11-12H,4-5,7H2,1H3,(H,13,14). The van der Waals surface area contributed by atoms with E-state index < -0.39 is 0 Å². The number of amides is 1. The molecule has 0 saturated heterocycles. The average molecular weight is 224 g/mol. The zero-order valence-electron chi connectivity index (χ0n) is 8.82. The molecule has 2 N–H and O–H groups in total. The van der Waals surface area contributed by atoms with Crippen LogP contribution in [0.5, 0.6) is 0 Å². The van der Waals surface area contributed by atoms with Gasteiger partial charge in [-0.2, -0.15) is 0 Å². The van der Waals surface area contributed by atoms with Gasteiger partial charge in [0.25, 0.3) is 0 Å². The van der Waals surface area contributed by atoms with Crippen LogP contribution < -0.4 is 10.6 Å². The molecule has 0 aromatic carbocycles. The fourth-order valence-corrected chi connectivity index (χ4v) is 2.57. The number of likely N-dealkylation sites (N-methyl/N-ethyl adjacent to an activating group) is 1. The van der Waals surface area contributed by atoms with E-state index in [0.717, 1.165) is 0 Å². The maximum atomic E-state index is 11.5. The molecule has 15 heavy (non-hydrogen) atoms. The van der Waals surface area contributed by atoms with Gasteiger partial charge in [-0.25, -0.2) is 0 Å². The normalized spacial score (nSPS) is 17.4. The molecular formula is C11H16N2OS. The first kappa shape index (κ1) is 10.6. The predicted molar refractivity (Wildman–Crippen MR) is 61.9 cm³/mol. The maximum Gasteiger partial charge on any atom is 0.234 e. The van der Waals surface area contributed by atoms with Crippen molar-refractivity contribution in [2.75, 3.05) is 13.6 Å². The number of hydrogen-bond acceptors (Lipinski definition) is 3. The van der Waals surface area contributed by atoms with Crippen LogP contribution in [0.15, 0.2) is 17.5 Å². The van der Waals surface area contributed by atoms with E-state index in [1.54, 1.807) is 18.4 Å². The Hall–Kier alpha value is -0.870. The van der Waals surface area contributed by atoms with Crippen molar-refractivity contribution in [3.8, 4) is 0 Å². The summed E-state index contributed by atoms with van der Waals surface area (Å²) in [5.74, 6) is 0.743. The Morgan fingerprint density at radius 1 is 1.67 bits per heavy atom. The van der Waals surface area contributed by atoms with Crippen LogP contribution in [0, 0.1) is 5.92 Å². The third-order valence-corrected chi connectivity index (χ3v) is 3.55. The van der Waals surface area contributed by atoms with Gasteiger partial charge < -0.3 is 10.6 Å². The Bertz CT molecular complexity index is 319. The van der Waals surface area contributed by atoms with Gasteiger partial charge in [0.1, 0.15) is 0 Å². The van der Waals surface area contributed by atoms with Gasteiger partial charge in [-0.1, -0.05) is 6.07 Å². The summed E-state index contributed by atoms with van der Waals surface area (Å²) in [6.07, 6.45) is 2.48. The smallest absolute Gasteiger partial charge is 0.234 e. The van der Waals surface area contributed by atoms with Crippen molar-refractivity contribution in [3.63, 3.8) is 0 Å². The van der Waals surface area contributed by atoms with E-state index in [1.165, 1.54) is 17.7 Å². The lowest BCUT2D eigenvalue weighted by molar-refractivity contribution is -0.121. The quantitative estimate of drug-likeness (QED) is 0.796. The molecule has 0 spiro atoms. The molecule has 1 atom stereocenters. The van der Waals surface area contributed by atoms with Crippen LogP contribution in [0.25, 0.3) is 0 Å². The second-order valence-corrected chi connectivity index (χ2v) is 4.91. The molecule has 1 saturated carbocycles. The number of hydrogen-bond donors (Lipinski definition) is 2. The van der Waals surface area contributed by atoms with Crippen molar-refractivity contribution in [1.82, 2.24) is 10.6 Å². The first-order valence-electron chi connectivity index (χ1n) is 5.28. The molecular weight excluding hydrogens is 208 g/mol. The van der Waals surface area contributed by atoms with Crippen molar-refractivity contribution >= 4 is 17.2 Å². The molecule has 1 amide bonds. The lowest BCUT2D eigenvalue weighted by Gasteiger charge is -2.16. The number of thiophene rings is 1. The Labute approximate surface area is 93.9 Å². The summed E-state index contributed by atoms with van der Waals surface area (Å²) in [6, 6.07) is 4.39. The molecule has 1 aliphatic rings. The number of carbonyl (C=O) groups is 1. The molecule has 1 aromatic rings. The highest BCUT2D eigenvalue weighted by atomic mass is 32.1. The zero-order valence-corrected chi connectivity index (χ0v) is 9.64. The summed E-state index contributed by atoms with van der Waals surface area (Å²) < 4.78 is 0. The van der Waals surface area contributed by atoms with Crippen LogP contribution in [0.4, 0.5) is 0 Å². The summed E-state index contributed by atoms with van der Waals surface area (Å²) in [7, 11) is 1.79. The molecule has 1 heterocycles. The number of nitrogens with one attached hydrogen (secondary N) is 2. The monoisotopic (exact) mass is 224 g/mol. The third-order valence-electron chi connectivity index (χ3n) is 2.60. The van der Waals surface area contributed by atoms with Crippen LogP contribution in [0.2, 0.25) is 0 Å². The SMILES string of the molecule is CNCC(=O)NC(c1cccs1)C1CC1. The zero-order chi connectivity index (χ0) is 10.7. The van der Waals surface area contributed by atoms with E-state index in [-0.39, 0.29) is 11.9 Å². The van der Waals surface area contributed by atoms with Gasteiger partial charge in [-0.15, -0.1) is 11.3 Å². The Balaban J connectivity index is 1.98. The minimum Gasteiger partial charge on any atom is -0.347 e. The van der Waals surface area contributed by atoms with Crippen molar-refractivity contribution in [3.05, 3.63) is 22.4 Å². The largest absolute Gasteiger partial charge is 0.347 e. The van der Waals surface area contributed by atoms with E-state index in [4.69, 9.17) is 0 Å². The van der Waals surface area contributed by atoms with Gasteiger partial charge in [0, 0.05) is 4.88 Å². The molecule has 1 aliphatic carbocycles. The summed E-state index contributed by atoms with van der Waals surface area (Å²) >= 11 is 1.72. The highest BCUT2D eigenvalue weighted by Gasteiger charge is 2.33. The molecule has 4 heteroatoms. The fourth-order valence-electron chi connectivity index (χ4n) is 1.70. The molecule has 0 bridgehead atoms. The summed E-state index contributed by atoms with van der Waals surface area (Å²) in [4.78, 5) is 12.8. The minimum atomic E-state index is 0.0859. The minimum absolute atomic E-state index is 0.0859. The second-order valence-electron chi connectivity index (χ2n) is 3.93. The summed E-state index contributed by atoms with van der Waals surface area (Å²) in [5, 5.41) is 8.02. The Morgan fingerprint density at radius 3 is 3.00 bits per heavy atom. The Morgan fingerprint density at radius 2 is 2.47 bits per heavy atom. The van der Waals surface area contributed by atoms with Gasteiger partial charge in [0.2, 0.25) is 5.91 Å². The fraction of sp³-hybridized carbons (Fsp3) is 0.545. The summed E-state index contributed by atoms with van der Waals surface area (Å²) in [5.41, 5.74) is 0. The molecule has 1 unspecified atom stereocenters. The second kappa shape index (κ2) is 4.77. The first-order chi connectivity index (χ1) is 7.31. The van der Waals surface area contributed by atoms with E-state index in [1.807, 2.05) is 6.07 Å². The number of rotatable bonds is 5. The van der Waals surface area contributed by atoms with Crippen molar-refractivity contribution in [1.29, 1.82) is 0 Å². The van der Waals surface area contributed by atoms with Gasteiger partial charge in [0.15, 0.2) is 0 Å². The van der Waals surface area contributed by atoms with Gasteiger partial charge >= 0.3 is 0 Å². The van der Waals surface area contributed by atoms with Crippen LogP contribution in [-0.4, -0.2) is 19.5 Å². The molecule has 1 fully saturated rings. The van der Waals surface area contributed by atoms with Crippen molar-refractivity contribution in [2.45, 2.75) is 18.9 Å².